The minimum absolute atomic E-state index is 0.205. The van der Waals surface area contributed by atoms with Gasteiger partial charge in [0, 0.05) is 18.2 Å². The van der Waals surface area contributed by atoms with Gasteiger partial charge in [0.05, 0.1) is 0 Å². The van der Waals surface area contributed by atoms with E-state index in [4.69, 9.17) is 5.11 Å². The van der Waals surface area contributed by atoms with Crippen molar-refractivity contribution in [2.24, 2.45) is 11.8 Å². The van der Waals surface area contributed by atoms with E-state index >= 15 is 0 Å². The van der Waals surface area contributed by atoms with E-state index in [0.29, 0.717) is 11.8 Å². The van der Waals surface area contributed by atoms with E-state index in [1.54, 1.807) is 0 Å². The van der Waals surface area contributed by atoms with E-state index in [1.165, 1.54) is 0 Å². The average Bonchev–Trinajstić information content (AvgIpc) is 2.14. The van der Waals surface area contributed by atoms with Gasteiger partial charge in [0.15, 0.2) is 0 Å². The van der Waals surface area contributed by atoms with Crippen molar-refractivity contribution in [2.75, 3.05) is 0 Å². The maximum Gasteiger partial charge on any atom is 0.328 e. The second-order valence-electron chi connectivity index (χ2n) is 3.86. The van der Waals surface area contributed by atoms with Crippen LogP contribution in [0.25, 0.3) is 0 Å². The van der Waals surface area contributed by atoms with Crippen molar-refractivity contribution in [3.63, 3.8) is 0 Å². The Hall–Kier alpha value is -1.32. The Morgan fingerprint density at radius 1 is 1.36 bits per heavy atom. The van der Waals surface area contributed by atoms with E-state index in [9.17, 15) is 9.59 Å². The van der Waals surface area contributed by atoms with E-state index in [0.717, 1.165) is 18.6 Å². The van der Waals surface area contributed by atoms with Crippen LogP contribution in [0.4, 0.5) is 0 Å². The van der Waals surface area contributed by atoms with Crippen molar-refractivity contribution in [3.8, 4) is 0 Å². The quantitative estimate of drug-likeness (QED) is 0.657. The third-order valence-electron chi connectivity index (χ3n) is 2.86. The first-order valence-corrected chi connectivity index (χ1v) is 4.72. The van der Waals surface area contributed by atoms with Crippen LogP contribution in [0.5, 0.6) is 0 Å². The second kappa shape index (κ2) is 4.26. The molecule has 2 N–H and O–H groups in total. The molecule has 4 nitrogen and oxygen atoms in total. The summed E-state index contributed by atoms with van der Waals surface area (Å²) >= 11 is 0. The number of carbonyl (C=O) groups is 2. The third-order valence-corrected chi connectivity index (χ3v) is 2.86. The van der Waals surface area contributed by atoms with Gasteiger partial charge >= 0.3 is 5.97 Å². The molecule has 0 saturated heterocycles. The molecule has 1 fully saturated rings. The summed E-state index contributed by atoms with van der Waals surface area (Å²) < 4.78 is 0. The fourth-order valence-electron chi connectivity index (χ4n) is 1.60. The van der Waals surface area contributed by atoms with Crippen LogP contribution in [0.1, 0.15) is 20.3 Å². The van der Waals surface area contributed by atoms with Crippen LogP contribution in [0.15, 0.2) is 12.2 Å². The average molecular weight is 197 g/mol. The molecule has 0 bridgehead atoms. The Labute approximate surface area is 83.0 Å². The van der Waals surface area contributed by atoms with Crippen LogP contribution in [-0.2, 0) is 9.59 Å². The summed E-state index contributed by atoms with van der Waals surface area (Å²) in [5.41, 5.74) is 0. The Kier molecular flexibility index (Phi) is 3.28. The van der Waals surface area contributed by atoms with Crippen LogP contribution in [0.2, 0.25) is 0 Å². The van der Waals surface area contributed by atoms with Crippen molar-refractivity contribution in [1.29, 1.82) is 0 Å². The lowest BCUT2D eigenvalue weighted by Crippen LogP contribution is -2.49. The fraction of sp³-hybridized carbons (Fsp3) is 0.600. The SMILES string of the molecule is CC1CC(NC(=O)/C=C/C(=O)O)C1C. The molecule has 0 heterocycles. The predicted octanol–water partition coefficient (Wildman–Crippen LogP) is 0.788. The van der Waals surface area contributed by atoms with Crippen molar-refractivity contribution >= 4 is 11.9 Å². The fourth-order valence-corrected chi connectivity index (χ4v) is 1.60. The van der Waals surface area contributed by atoms with Gasteiger partial charge in [0.2, 0.25) is 5.91 Å². The van der Waals surface area contributed by atoms with Crippen LogP contribution in [0, 0.1) is 11.8 Å². The molecule has 14 heavy (non-hydrogen) atoms. The van der Waals surface area contributed by atoms with Crippen LogP contribution in [-0.4, -0.2) is 23.0 Å². The minimum atomic E-state index is -1.10. The third kappa shape index (κ3) is 2.58. The summed E-state index contributed by atoms with van der Waals surface area (Å²) in [6.45, 7) is 4.22. The molecule has 1 aliphatic carbocycles. The van der Waals surface area contributed by atoms with Gasteiger partial charge < -0.3 is 10.4 Å². The molecule has 1 saturated carbocycles. The molecule has 1 rings (SSSR count). The van der Waals surface area contributed by atoms with Crippen molar-refractivity contribution < 1.29 is 14.7 Å². The highest BCUT2D eigenvalue weighted by molar-refractivity contribution is 5.94. The monoisotopic (exact) mass is 197 g/mol. The molecule has 4 heteroatoms. The first-order valence-electron chi connectivity index (χ1n) is 4.72. The number of aliphatic carboxylic acids is 1. The molecular formula is C10H15NO3. The number of carboxylic acid groups (broad SMARTS) is 1. The summed E-state index contributed by atoms with van der Waals surface area (Å²) in [6.07, 6.45) is 2.88. The molecule has 1 aliphatic rings. The lowest BCUT2D eigenvalue weighted by atomic mass is 9.71. The molecule has 0 radical (unpaired) electrons. The van der Waals surface area contributed by atoms with Gasteiger partial charge in [-0.05, 0) is 18.3 Å². The van der Waals surface area contributed by atoms with Gasteiger partial charge in [-0.2, -0.15) is 0 Å². The highest BCUT2D eigenvalue weighted by Crippen LogP contribution is 2.33. The van der Waals surface area contributed by atoms with Crippen molar-refractivity contribution in [2.45, 2.75) is 26.3 Å². The molecule has 0 aromatic carbocycles. The highest BCUT2D eigenvalue weighted by Gasteiger charge is 2.34. The lowest BCUT2D eigenvalue weighted by molar-refractivity contribution is -0.131. The number of amides is 1. The predicted molar refractivity (Wildman–Crippen MR) is 51.7 cm³/mol. The van der Waals surface area contributed by atoms with Gasteiger partial charge in [-0.15, -0.1) is 0 Å². The van der Waals surface area contributed by atoms with E-state index < -0.39 is 5.97 Å². The molecule has 78 valence electrons. The largest absolute Gasteiger partial charge is 0.478 e. The van der Waals surface area contributed by atoms with Gasteiger partial charge in [-0.25, -0.2) is 4.79 Å². The van der Waals surface area contributed by atoms with E-state index in [2.05, 4.69) is 19.2 Å². The molecule has 3 unspecified atom stereocenters. The summed E-state index contributed by atoms with van der Waals surface area (Å²) in [5, 5.41) is 11.1. The first kappa shape index (κ1) is 10.8. The van der Waals surface area contributed by atoms with Gasteiger partial charge in [-0.1, -0.05) is 13.8 Å². The van der Waals surface area contributed by atoms with Crippen LogP contribution < -0.4 is 5.32 Å². The molecule has 0 spiro atoms. The Morgan fingerprint density at radius 2 is 2.00 bits per heavy atom. The summed E-state index contributed by atoms with van der Waals surface area (Å²) in [5.74, 6) is -0.299. The second-order valence-corrected chi connectivity index (χ2v) is 3.86. The lowest BCUT2D eigenvalue weighted by Gasteiger charge is -2.40. The standard InChI is InChI=1S/C10H15NO3/c1-6-5-8(7(6)2)11-9(12)3-4-10(13)14/h3-4,6-8H,5H2,1-2H3,(H,11,12)(H,13,14)/b4-3+. The summed E-state index contributed by atoms with van der Waals surface area (Å²) in [7, 11) is 0. The first-order chi connectivity index (χ1) is 6.50. The Bertz CT molecular complexity index is 273. The number of rotatable bonds is 3. The molecular weight excluding hydrogens is 182 g/mol. The molecule has 0 aliphatic heterocycles. The van der Waals surface area contributed by atoms with Gasteiger partial charge in [0.25, 0.3) is 0 Å². The Morgan fingerprint density at radius 3 is 2.43 bits per heavy atom. The number of hydrogen-bond acceptors (Lipinski definition) is 2. The van der Waals surface area contributed by atoms with E-state index in [1.807, 2.05) is 0 Å². The van der Waals surface area contributed by atoms with E-state index in [-0.39, 0.29) is 11.9 Å². The summed E-state index contributed by atoms with van der Waals surface area (Å²) in [6, 6.07) is 0.205. The van der Waals surface area contributed by atoms with Crippen LogP contribution in [0.3, 0.4) is 0 Å². The molecule has 0 aromatic rings. The molecule has 1 amide bonds. The normalized spacial score (nSPS) is 31.1. The zero-order valence-corrected chi connectivity index (χ0v) is 8.36. The van der Waals surface area contributed by atoms with Crippen molar-refractivity contribution in [3.05, 3.63) is 12.2 Å². The number of carboxylic acids is 1. The molecule has 0 aromatic heterocycles. The number of nitrogens with one attached hydrogen (secondary N) is 1. The minimum Gasteiger partial charge on any atom is -0.478 e. The zero-order chi connectivity index (χ0) is 10.7. The Balaban J connectivity index is 2.32. The number of carbonyl (C=O) groups excluding carboxylic acids is 1. The highest BCUT2D eigenvalue weighted by atomic mass is 16.4. The smallest absolute Gasteiger partial charge is 0.328 e. The molecule has 3 atom stereocenters. The van der Waals surface area contributed by atoms with Crippen LogP contribution >= 0.6 is 0 Å². The van der Waals surface area contributed by atoms with Gasteiger partial charge in [-0.3, -0.25) is 4.79 Å². The topological polar surface area (TPSA) is 66.4 Å². The maximum absolute atomic E-state index is 11.1. The maximum atomic E-state index is 11.1. The van der Waals surface area contributed by atoms with Gasteiger partial charge in [0.1, 0.15) is 0 Å². The summed E-state index contributed by atoms with van der Waals surface area (Å²) in [4.78, 5) is 21.3. The van der Waals surface area contributed by atoms with Crippen molar-refractivity contribution in [1.82, 2.24) is 5.32 Å². The zero-order valence-electron chi connectivity index (χ0n) is 8.36. The number of hydrogen-bond donors (Lipinski definition) is 2.